The first kappa shape index (κ1) is 19.9. The van der Waals surface area contributed by atoms with Crippen LogP contribution in [0.15, 0.2) is 23.3 Å². The van der Waals surface area contributed by atoms with E-state index in [0.29, 0.717) is 35.9 Å². The van der Waals surface area contributed by atoms with Gasteiger partial charge in [-0.2, -0.15) is 0 Å². The molecular weight excluding hydrogens is 348 g/mol. The van der Waals surface area contributed by atoms with Crippen LogP contribution in [0.3, 0.4) is 0 Å². The van der Waals surface area contributed by atoms with E-state index in [1.165, 1.54) is 24.8 Å². The topological polar surface area (TPSA) is 43.4 Å². The number of esters is 1. The molecule has 0 aromatic carbocycles. The van der Waals surface area contributed by atoms with Crippen molar-refractivity contribution in [2.24, 2.45) is 35.5 Å². The first-order chi connectivity index (χ1) is 13.5. The largest absolute Gasteiger partial charge is 0.462 e. The number of carbonyl (C=O) groups excluding carboxylic acids is 2. The fourth-order valence-electron chi connectivity index (χ4n) is 6.50. The molecule has 3 nitrogen and oxygen atoms in total. The highest BCUT2D eigenvalue weighted by Crippen LogP contribution is 2.55. The molecule has 1 saturated carbocycles. The normalized spacial score (nSPS) is 41.6. The highest BCUT2D eigenvalue weighted by molar-refractivity contribution is 5.98. The SMILES string of the molecule is CCC1CCCCC(C)C(=O)C2=C[C@H]3C4CCC[C@H]4C(C)=C[C@H]3C2CC(=O)O1. The number of allylic oxidation sites excluding steroid dienone is 4. The summed E-state index contributed by atoms with van der Waals surface area (Å²) < 4.78 is 5.84. The molecular formula is C25H36O3. The lowest BCUT2D eigenvalue weighted by atomic mass is 9.67. The van der Waals surface area contributed by atoms with E-state index in [1.807, 2.05) is 0 Å². The standard InChI is InChI=1S/C25H36O3/c1-4-17-9-6-5-8-15(2)25(27)23-13-21-19-11-7-10-18(19)16(3)12-20(21)22(23)14-24(26)28-17/h12-13,15,17-22H,4-11,14H2,1-3H3/t15?,17?,18-,19?,20+,21-,22?/m0/s1. The first-order valence-electron chi connectivity index (χ1n) is 11.6. The molecule has 4 rings (SSSR count). The monoisotopic (exact) mass is 384 g/mol. The predicted molar refractivity (Wildman–Crippen MR) is 111 cm³/mol. The zero-order chi connectivity index (χ0) is 19.8. The van der Waals surface area contributed by atoms with E-state index in [4.69, 9.17) is 4.74 Å². The fourth-order valence-corrected chi connectivity index (χ4v) is 6.50. The van der Waals surface area contributed by atoms with Gasteiger partial charge in [0.1, 0.15) is 6.10 Å². The van der Waals surface area contributed by atoms with Crippen LogP contribution in [0.4, 0.5) is 0 Å². The van der Waals surface area contributed by atoms with Gasteiger partial charge >= 0.3 is 5.97 Å². The van der Waals surface area contributed by atoms with Crippen LogP contribution in [0.5, 0.6) is 0 Å². The maximum Gasteiger partial charge on any atom is 0.306 e. The van der Waals surface area contributed by atoms with Crippen LogP contribution in [0.1, 0.15) is 78.6 Å². The van der Waals surface area contributed by atoms with Crippen molar-refractivity contribution in [3.8, 4) is 0 Å². The van der Waals surface area contributed by atoms with Gasteiger partial charge < -0.3 is 4.74 Å². The second kappa shape index (κ2) is 8.16. The van der Waals surface area contributed by atoms with Crippen LogP contribution >= 0.6 is 0 Å². The molecule has 0 aromatic rings. The Bertz CT molecular complexity index is 688. The van der Waals surface area contributed by atoms with E-state index < -0.39 is 0 Å². The molecule has 3 aliphatic carbocycles. The summed E-state index contributed by atoms with van der Waals surface area (Å²) >= 11 is 0. The Kier molecular flexibility index (Phi) is 5.81. The van der Waals surface area contributed by atoms with Gasteiger partial charge in [0, 0.05) is 11.8 Å². The summed E-state index contributed by atoms with van der Waals surface area (Å²) in [5.74, 6) is 2.35. The summed E-state index contributed by atoms with van der Waals surface area (Å²) in [6.07, 6.45) is 13.8. The van der Waals surface area contributed by atoms with Gasteiger partial charge in [-0.3, -0.25) is 9.59 Å². The van der Waals surface area contributed by atoms with Gasteiger partial charge in [-0.05, 0) is 74.7 Å². The number of rotatable bonds is 1. The molecule has 0 N–H and O–H groups in total. The number of fused-ring (bicyclic) bond motifs is 5. The van der Waals surface area contributed by atoms with Crippen LogP contribution in [0.25, 0.3) is 0 Å². The van der Waals surface area contributed by atoms with Crippen molar-refractivity contribution < 1.29 is 14.3 Å². The summed E-state index contributed by atoms with van der Waals surface area (Å²) in [6, 6.07) is 0. The third kappa shape index (κ3) is 3.62. The molecule has 3 heteroatoms. The lowest BCUT2D eigenvalue weighted by Crippen LogP contribution is -2.32. The zero-order valence-corrected chi connectivity index (χ0v) is 17.8. The molecule has 7 atom stereocenters. The summed E-state index contributed by atoms with van der Waals surface area (Å²) in [5, 5.41) is 0. The third-order valence-corrected chi connectivity index (χ3v) is 8.07. The molecule has 4 unspecified atom stereocenters. The van der Waals surface area contributed by atoms with Crippen molar-refractivity contribution in [1.82, 2.24) is 0 Å². The molecule has 0 aromatic heterocycles. The fraction of sp³-hybridized carbons (Fsp3) is 0.760. The Balaban J connectivity index is 1.66. The van der Waals surface area contributed by atoms with Crippen molar-refractivity contribution in [2.75, 3.05) is 0 Å². The van der Waals surface area contributed by atoms with E-state index >= 15 is 0 Å². The summed E-state index contributed by atoms with van der Waals surface area (Å²) in [4.78, 5) is 26.1. The van der Waals surface area contributed by atoms with Crippen LogP contribution in [-0.4, -0.2) is 17.9 Å². The summed E-state index contributed by atoms with van der Waals surface area (Å²) in [6.45, 7) is 6.45. The highest BCUT2D eigenvalue weighted by Gasteiger charge is 2.49. The molecule has 0 amide bonds. The van der Waals surface area contributed by atoms with E-state index in [0.717, 1.165) is 37.7 Å². The quantitative estimate of drug-likeness (QED) is 0.434. The van der Waals surface area contributed by atoms with Gasteiger partial charge in [-0.25, -0.2) is 0 Å². The summed E-state index contributed by atoms with van der Waals surface area (Å²) in [7, 11) is 0. The Hall–Kier alpha value is -1.38. The van der Waals surface area contributed by atoms with Gasteiger partial charge in [0.25, 0.3) is 0 Å². The van der Waals surface area contributed by atoms with Crippen molar-refractivity contribution in [3.63, 3.8) is 0 Å². The number of carbonyl (C=O) groups is 2. The second-order valence-corrected chi connectivity index (χ2v) is 9.77. The minimum absolute atomic E-state index is 0.0147. The minimum Gasteiger partial charge on any atom is -0.462 e. The molecule has 154 valence electrons. The van der Waals surface area contributed by atoms with Crippen LogP contribution in [-0.2, 0) is 14.3 Å². The van der Waals surface area contributed by atoms with Gasteiger partial charge in [-0.15, -0.1) is 0 Å². The predicted octanol–water partition coefficient (Wildman–Crippen LogP) is 5.64. The Labute approximate surface area is 170 Å². The second-order valence-electron chi connectivity index (χ2n) is 9.77. The molecule has 1 heterocycles. The average molecular weight is 385 g/mol. The highest BCUT2D eigenvalue weighted by atomic mass is 16.5. The number of Topliss-reactive ketones (excluding diaryl/α,β-unsaturated/α-hetero) is 1. The lowest BCUT2D eigenvalue weighted by molar-refractivity contribution is -0.150. The van der Waals surface area contributed by atoms with E-state index in [1.54, 1.807) is 0 Å². The number of ether oxygens (including phenoxy) is 1. The number of hydrogen-bond acceptors (Lipinski definition) is 3. The zero-order valence-electron chi connectivity index (χ0n) is 17.8. The van der Waals surface area contributed by atoms with Crippen LogP contribution < -0.4 is 0 Å². The average Bonchev–Trinajstić information content (AvgIpc) is 3.29. The Morgan fingerprint density at radius 1 is 0.964 bits per heavy atom. The molecule has 0 spiro atoms. The van der Waals surface area contributed by atoms with Crippen molar-refractivity contribution in [3.05, 3.63) is 23.3 Å². The van der Waals surface area contributed by atoms with Crippen molar-refractivity contribution in [2.45, 2.75) is 84.7 Å². The molecule has 1 saturated heterocycles. The number of ketones is 1. The first-order valence-corrected chi connectivity index (χ1v) is 11.6. The number of cyclic esters (lactones) is 1. The van der Waals surface area contributed by atoms with Gasteiger partial charge in [-0.1, -0.05) is 44.4 Å². The Morgan fingerprint density at radius 3 is 2.54 bits per heavy atom. The molecule has 0 bridgehead atoms. The molecule has 0 radical (unpaired) electrons. The molecule has 2 fully saturated rings. The van der Waals surface area contributed by atoms with E-state index in [-0.39, 0.29) is 23.9 Å². The van der Waals surface area contributed by atoms with Crippen LogP contribution in [0, 0.1) is 35.5 Å². The third-order valence-electron chi connectivity index (χ3n) is 8.07. The maximum atomic E-state index is 13.3. The molecule has 28 heavy (non-hydrogen) atoms. The van der Waals surface area contributed by atoms with Crippen LogP contribution in [0.2, 0.25) is 0 Å². The summed E-state index contributed by atoms with van der Waals surface area (Å²) in [5.41, 5.74) is 2.44. The van der Waals surface area contributed by atoms with E-state index in [2.05, 4.69) is 32.9 Å². The minimum atomic E-state index is -0.107. The Morgan fingerprint density at radius 2 is 1.75 bits per heavy atom. The van der Waals surface area contributed by atoms with Gasteiger partial charge in [0.05, 0.1) is 6.42 Å². The van der Waals surface area contributed by atoms with E-state index in [9.17, 15) is 9.59 Å². The van der Waals surface area contributed by atoms with Gasteiger partial charge in [0.15, 0.2) is 5.78 Å². The van der Waals surface area contributed by atoms with Crippen molar-refractivity contribution in [1.29, 1.82) is 0 Å². The molecule has 1 aliphatic heterocycles. The lowest BCUT2D eigenvalue weighted by Gasteiger charge is -2.37. The van der Waals surface area contributed by atoms with Crippen molar-refractivity contribution >= 4 is 11.8 Å². The smallest absolute Gasteiger partial charge is 0.306 e. The number of hydrogen-bond donors (Lipinski definition) is 0. The van der Waals surface area contributed by atoms with Gasteiger partial charge in [0.2, 0.25) is 0 Å². The maximum absolute atomic E-state index is 13.3. The molecule has 4 aliphatic rings.